The first kappa shape index (κ1) is 17.4. The van der Waals surface area contributed by atoms with Crippen molar-refractivity contribution >= 4 is 23.1 Å². The van der Waals surface area contributed by atoms with Gasteiger partial charge in [-0.05, 0) is 43.3 Å². The van der Waals surface area contributed by atoms with E-state index in [2.05, 4.69) is 20.7 Å². The molecule has 3 aromatic rings. The maximum atomic E-state index is 14.1. The number of nitrogen functional groups attached to an aromatic ring is 1. The number of hydrogen-bond acceptors (Lipinski definition) is 5. The summed E-state index contributed by atoms with van der Waals surface area (Å²) in [5.41, 5.74) is 8.44. The smallest absolute Gasteiger partial charge is 0.273 e. The average molecular weight is 354 g/mol. The minimum atomic E-state index is -0.380. The van der Waals surface area contributed by atoms with E-state index in [1.165, 1.54) is 16.8 Å². The molecule has 0 fully saturated rings. The Morgan fingerprint density at radius 1 is 1.31 bits per heavy atom. The van der Waals surface area contributed by atoms with Crippen molar-refractivity contribution in [3.8, 4) is 0 Å². The molecule has 1 aromatic carbocycles. The minimum absolute atomic E-state index is 0.205. The molecule has 0 saturated carbocycles. The van der Waals surface area contributed by atoms with Crippen LogP contribution < -0.4 is 16.4 Å². The number of amides is 1. The molecule has 0 atom stereocenters. The monoisotopic (exact) mass is 354 g/mol. The Bertz CT molecular complexity index is 953. The third-order valence-corrected chi connectivity index (χ3v) is 3.85. The number of benzene rings is 1. The van der Waals surface area contributed by atoms with Gasteiger partial charge in [0.25, 0.3) is 5.91 Å². The molecule has 4 N–H and O–H groups in total. The number of nitrogens with two attached hydrogens (primary N) is 1. The van der Waals surface area contributed by atoms with Crippen molar-refractivity contribution in [1.82, 2.24) is 14.8 Å². The van der Waals surface area contributed by atoms with Crippen LogP contribution >= 0.6 is 0 Å². The molecule has 0 unspecified atom stereocenters. The second-order valence-electron chi connectivity index (χ2n) is 5.84. The first-order valence-corrected chi connectivity index (χ1v) is 7.99. The summed E-state index contributed by atoms with van der Waals surface area (Å²) in [7, 11) is 1.69. The molecular formula is C18H19FN6O. The van der Waals surface area contributed by atoms with E-state index in [0.717, 1.165) is 5.69 Å². The molecule has 134 valence electrons. The van der Waals surface area contributed by atoms with E-state index >= 15 is 0 Å². The number of rotatable bonds is 5. The second kappa shape index (κ2) is 7.22. The lowest BCUT2D eigenvalue weighted by Crippen LogP contribution is -2.16. The number of aromatic nitrogens is 3. The molecule has 1 amide bonds. The highest BCUT2D eigenvalue weighted by Crippen LogP contribution is 2.19. The summed E-state index contributed by atoms with van der Waals surface area (Å²) < 4.78 is 15.6. The standard InChI is InChI=1S/C18H19FN6O/c1-11-8-16(25(2)24-11)18(26)23-13-5-6-14(19)12(9-13)10-22-15-4-3-7-21-17(15)20/h3-9,22H,10H2,1-2H3,(H2,20,21)(H,23,26). The molecule has 0 radical (unpaired) electrons. The number of nitrogens with zero attached hydrogens (tertiary/aromatic N) is 3. The lowest BCUT2D eigenvalue weighted by atomic mass is 10.1. The fraction of sp³-hybridized carbons (Fsp3) is 0.167. The number of aryl methyl sites for hydroxylation is 2. The zero-order valence-corrected chi connectivity index (χ0v) is 14.5. The number of halogens is 1. The van der Waals surface area contributed by atoms with Crippen LogP contribution in [0, 0.1) is 12.7 Å². The molecule has 0 aliphatic heterocycles. The third kappa shape index (κ3) is 3.80. The molecule has 3 rings (SSSR count). The van der Waals surface area contributed by atoms with Gasteiger partial charge in [0.15, 0.2) is 0 Å². The summed E-state index contributed by atoms with van der Waals surface area (Å²) in [5.74, 6) is -0.353. The molecule has 0 aliphatic rings. The van der Waals surface area contributed by atoms with Crippen molar-refractivity contribution in [2.75, 3.05) is 16.4 Å². The van der Waals surface area contributed by atoms with Gasteiger partial charge in [0.2, 0.25) is 0 Å². The highest BCUT2D eigenvalue weighted by Gasteiger charge is 2.13. The van der Waals surface area contributed by atoms with Gasteiger partial charge in [0, 0.05) is 31.0 Å². The summed E-state index contributed by atoms with van der Waals surface area (Å²) >= 11 is 0. The van der Waals surface area contributed by atoms with Gasteiger partial charge in [-0.25, -0.2) is 9.37 Å². The Balaban J connectivity index is 1.74. The Hall–Kier alpha value is -3.42. The van der Waals surface area contributed by atoms with Crippen LogP contribution in [0.4, 0.5) is 21.6 Å². The predicted molar refractivity (Wildman–Crippen MR) is 98.3 cm³/mol. The number of anilines is 3. The fourth-order valence-electron chi connectivity index (χ4n) is 2.56. The molecule has 0 aliphatic carbocycles. The number of carbonyl (C=O) groups is 1. The summed E-state index contributed by atoms with van der Waals surface area (Å²) in [6.45, 7) is 2.01. The van der Waals surface area contributed by atoms with E-state index in [0.29, 0.717) is 28.5 Å². The van der Waals surface area contributed by atoms with Gasteiger partial charge in [-0.15, -0.1) is 0 Å². The van der Waals surface area contributed by atoms with Crippen molar-refractivity contribution in [1.29, 1.82) is 0 Å². The molecule has 8 heteroatoms. The quantitative estimate of drug-likeness (QED) is 0.654. The van der Waals surface area contributed by atoms with Crippen LogP contribution in [-0.4, -0.2) is 20.7 Å². The number of pyridine rings is 1. The highest BCUT2D eigenvalue weighted by atomic mass is 19.1. The van der Waals surface area contributed by atoms with Crippen LogP contribution in [0.25, 0.3) is 0 Å². The molecule has 7 nitrogen and oxygen atoms in total. The number of hydrogen-bond donors (Lipinski definition) is 3. The summed E-state index contributed by atoms with van der Waals surface area (Å²) in [5, 5.41) is 9.94. The number of carbonyl (C=O) groups excluding carboxylic acids is 1. The normalized spacial score (nSPS) is 10.6. The Morgan fingerprint density at radius 3 is 2.81 bits per heavy atom. The van der Waals surface area contributed by atoms with Gasteiger partial charge >= 0.3 is 0 Å². The summed E-state index contributed by atoms with van der Waals surface area (Å²) in [6.07, 6.45) is 1.58. The van der Waals surface area contributed by atoms with Crippen LogP contribution in [0.2, 0.25) is 0 Å². The van der Waals surface area contributed by atoms with Crippen LogP contribution in [0.3, 0.4) is 0 Å². The lowest BCUT2D eigenvalue weighted by Gasteiger charge is -2.11. The van der Waals surface area contributed by atoms with Crippen LogP contribution in [-0.2, 0) is 13.6 Å². The molecule has 26 heavy (non-hydrogen) atoms. The molecule has 0 spiro atoms. The molecular weight excluding hydrogens is 335 g/mol. The van der Waals surface area contributed by atoms with E-state index in [9.17, 15) is 9.18 Å². The van der Waals surface area contributed by atoms with Crippen LogP contribution in [0.1, 0.15) is 21.7 Å². The van der Waals surface area contributed by atoms with E-state index in [-0.39, 0.29) is 18.3 Å². The summed E-state index contributed by atoms with van der Waals surface area (Å²) in [4.78, 5) is 16.3. The van der Waals surface area contributed by atoms with Crippen LogP contribution in [0.15, 0.2) is 42.6 Å². The van der Waals surface area contributed by atoms with Gasteiger partial charge in [-0.3, -0.25) is 9.48 Å². The van der Waals surface area contributed by atoms with E-state index < -0.39 is 0 Å². The van der Waals surface area contributed by atoms with Crippen molar-refractivity contribution in [3.63, 3.8) is 0 Å². The average Bonchev–Trinajstić information content (AvgIpc) is 2.95. The second-order valence-corrected chi connectivity index (χ2v) is 5.84. The highest BCUT2D eigenvalue weighted by molar-refractivity contribution is 6.03. The zero-order valence-electron chi connectivity index (χ0n) is 14.5. The van der Waals surface area contributed by atoms with Gasteiger partial charge in [0.1, 0.15) is 17.3 Å². The van der Waals surface area contributed by atoms with Gasteiger partial charge in [0.05, 0.1) is 11.4 Å². The van der Waals surface area contributed by atoms with Crippen molar-refractivity contribution in [3.05, 3.63) is 65.4 Å². The van der Waals surface area contributed by atoms with Crippen molar-refractivity contribution in [2.45, 2.75) is 13.5 Å². The lowest BCUT2D eigenvalue weighted by molar-refractivity contribution is 0.101. The molecule has 0 saturated heterocycles. The molecule has 2 heterocycles. The number of nitrogens with one attached hydrogen (secondary N) is 2. The predicted octanol–water partition coefficient (Wildman–Crippen LogP) is 2.71. The molecule has 0 bridgehead atoms. The first-order valence-electron chi connectivity index (χ1n) is 7.99. The van der Waals surface area contributed by atoms with Gasteiger partial charge in [-0.1, -0.05) is 0 Å². The van der Waals surface area contributed by atoms with Crippen LogP contribution in [0.5, 0.6) is 0 Å². The van der Waals surface area contributed by atoms with E-state index in [1.54, 1.807) is 37.5 Å². The van der Waals surface area contributed by atoms with Gasteiger partial charge < -0.3 is 16.4 Å². The zero-order chi connectivity index (χ0) is 18.7. The maximum Gasteiger partial charge on any atom is 0.273 e. The first-order chi connectivity index (χ1) is 12.4. The Kier molecular flexibility index (Phi) is 4.83. The SMILES string of the molecule is Cc1cc(C(=O)Nc2ccc(F)c(CNc3cccnc3N)c2)n(C)n1. The fourth-order valence-corrected chi connectivity index (χ4v) is 2.56. The Morgan fingerprint density at radius 2 is 2.12 bits per heavy atom. The van der Waals surface area contributed by atoms with Crippen molar-refractivity contribution in [2.24, 2.45) is 7.05 Å². The Labute approximate surface area is 150 Å². The van der Waals surface area contributed by atoms with Crippen molar-refractivity contribution < 1.29 is 9.18 Å². The van der Waals surface area contributed by atoms with E-state index in [4.69, 9.17) is 5.73 Å². The molecule has 2 aromatic heterocycles. The summed E-state index contributed by atoms with van der Waals surface area (Å²) in [6, 6.07) is 9.59. The maximum absolute atomic E-state index is 14.1. The third-order valence-electron chi connectivity index (χ3n) is 3.85. The topological polar surface area (TPSA) is 97.9 Å². The largest absolute Gasteiger partial charge is 0.382 e. The minimum Gasteiger partial charge on any atom is -0.382 e. The van der Waals surface area contributed by atoms with E-state index in [1.807, 2.05) is 6.92 Å². The van der Waals surface area contributed by atoms with Gasteiger partial charge in [-0.2, -0.15) is 5.10 Å².